The molecule has 0 aliphatic carbocycles. The van der Waals surface area contributed by atoms with E-state index in [4.69, 9.17) is 9.73 Å². The van der Waals surface area contributed by atoms with Gasteiger partial charge in [-0.15, -0.1) is 0 Å². The number of nitrogens with zero attached hydrogens (tertiary/aromatic N) is 4. The van der Waals surface area contributed by atoms with Crippen LogP contribution in [0.5, 0.6) is 0 Å². The molecule has 7 heteroatoms. The van der Waals surface area contributed by atoms with Gasteiger partial charge in [0, 0.05) is 45.1 Å². The number of rotatable bonds is 10. The first-order valence-corrected chi connectivity index (χ1v) is 8.33. The maximum atomic E-state index is 5.35. The van der Waals surface area contributed by atoms with E-state index in [0.717, 1.165) is 38.7 Å². The van der Waals surface area contributed by atoms with Crippen molar-refractivity contribution < 1.29 is 4.74 Å². The molecule has 23 heavy (non-hydrogen) atoms. The molecule has 0 amide bonds. The third-order valence-corrected chi connectivity index (χ3v) is 3.46. The quantitative estimate of drug-likeness (QED) is 0.382. The van der Waals surface area contributed by atoms with Crippen molar-refractivity contribution in [2.75, 3.05) is 46.9 Å². The molecule has 1 heterocycles. The molecule has 132 valence electrons. The fourth-order valence-corrected chi connectivity index (χ4v) is 2.22. The van der Waals surface area contributed by atoms with Crippen molar-refractivity contribution in [3.63, 3.8) is 0 Å². The Morgan fingerprint density at radius 3 is 2.74 bits per heavy atom. The molecule has 7 nitrogen and oxygen atoms in total. The van der Waals surface area contributed by atoms with E-state index in [-0.39, 0.29) is 6.04 Å². The van der Waals surface area contributed by atoms with Crippen LogP contribution < -0.4 is 10.6 Å². The molecule has 1 aromatic heterocycles. The molecule has 0 spiro atoms. The van der Waals surface area contributed by atoms with Crippen LogP contribution in [0.15, 0.2) is 17.4 Å². The van der Waals surface area contributed by atoms with Gasteiger partial charge >= 0.3 is 0 Å². The van der Waals surface area contributed by atoms with Crippen molar-refractivity contribution in [2.45, 2.75) is 26.3 Å². The highest BCUT2D eigenvalue weighted by Crippen LogP contribution is 2.17. The standard InChI is InChI=1S/C16H32N6O/c1-6-17-16(18-9-8-10-23-7-2)19-12-15(21(3)4)14-11-20-22(5)13-14/h11,13,15H,6-10,12H2,1-5H3,(H2,17,18,19). The molecule has 0 aliphatic heterocycles. The molecule has 1 aromatic rings. The Kier molecular flexibility index (Phi) is 9.31. The number of ether oxygens (including phenoxy) is 1. The molecular formula is C16H32N6O. The minimum absolute atomic E-state index is 0.211. The van der Waals surface area contributed by atoms with Crippen LogP contribution in [-0.2, 0) is 11.8 Å². The summed E-state index contributed by atoms with van der Waals surface area (Å²) in [6.45, 7) is 8.01. The predicted octanol–water partition coefficient (Wildman–Crippen LogP) is 1.00. The van der Waals surface area contributed by atoms with Crippen LogP contribution in [0.25, 0.3) is 0 Å². The van der Waals surface area contributed by atoms with Crippen LogP contribution in [0, 0.1) is 0 Å². The lowest BCUT2D eigenvalue weighted by atomic mass is 10.1. The average molecular weight is 324 g/mol. The lowest BCUT2D eigenvalue weighted by Gasteiger charge is -2.22. The first-order chi connectivity index (χ1) is 11.1. The van der Waals surface area contributed by atoms with E-state index in [2.05, 4.69) is 41.7 Å². The SMILES string of the molecule is CCNC(=NCC(c1cnn(C)c1)N(C)C)NCCCOCC. The molecular weight excluding hydrogens is 292 g/mol. The summed E-state index contributed by atoms with van der Waals surface area (Å²) in [5.41, 5.74) is 1.17. The summed E-state index contributed by atoms with van der Waals surface area (Å²) in [6, 6.07) is 0.211. The Morgan fingerprint density at radius 2 is 2.17 bits per heavy atom. The summed E-state index contributed by atoms with van der Waals surface area (Å²) in [7, 11) is 6.06. The van der Waals surface area contributed by atoms with E-state index in [1.807, 2.05) is 31.0 Å². The van der Waals surface area contributed by atoms with Crippen LogP contribution >= 0.6 is 0 Å². The van der Waals surface area contributed by atoms with Gasteiger partial charge in [0.05, 0.1) is 18.8 Å². The number of aliphatic imine (C=N–C) groups is 1. The zero-order valence-corrected chi connectivity index (χ0v) is 15.2. The van der Waals surface area contributed by atoms with E-state index in [1.54, 1.807) is 0 Å². The largest absolute Gasteiger partial charge is 0.382 e. The minimum Gasteiger partial charge on any atom is -0.382 e. The zero-order valence-electron chi connectivity index (χ0n) is 15.2. The second-order valence-corrected chi connectivity index (χ2v) is 5.62. The van der Waals surface area contributed by atoms with Gasteiger partial charge in [-0.1, -0.05) is 0 Å². The topological polar surface area (TPSA) is 66.7 Å². The highest BCUT2D eigenvalue weighted by atomic mass is 16.5. The number of guanidine groups is 1. The van der Waals surface area contributed by atoms with Crippen LogP contribution in [0.2, 0.25) is 0 Å². The van der Waals surface area contributed by atoms with Crippen LogP contribution in [-0.4, -0.2) is 67.6 Å². The Labute approximate surface area is 140 Å². The summed E-state index contributed by atoms with van der Waals surface area (Å²) >= 11 is 0. The van der Waals surface area contributed by atoms with E-state index in [1.165, 1.54) is 5.56 Å². The molecule has 1 atom stereocenters. The van der Waals surface area contributed by atoms with Crippen LogP contribution in [0.3, 0.4) is 0 Å². The first kappa shape index (κ1) is 19.4. The number of nitrogens with one attached hydrogen (secondary N) is 2. The van der Waals surface area contributed by atoms with Gasteiger partial charge in [0.1, 0.15) is 0 Å². The third kappa shape index (κ3) is 7.47. The number of hydrogen-bond donors (Lipinski definition) is 2. The molecule has 2 N–H and O–H groups in total. The molecule has 0 bridgehead atoms. The molecule has 1 rings (SSSR count). The number of likely N-dealkylation sites (N-methyl/N-ethyl adjacent to an activating group) is 1. The summed E-state index contributed by atoms with van der Waals surface area (Å²) in [6.07, 6.45) is 4.92. The molecule has 1 unspecified atom stereocenters. The van der Waals surface area contributed by atoms with Crippen molar-refractivity contribution in [3.8, 4) is 0 Å². The monoisotopic (exact) mass is 324 g/mol. The van der Waals surface area contributed by atoms with Gasteiger partial charge in [-0.3, -0.25) is 9.67 Å². The first-order valence-electron chi connectivity index (χ1n) is 8.33. The van der Waals surface area contributed by atoms with E-state index >= 15 is 0 Å². The Morgan fingerprint density at radius 1 is 1.39 bits per heavy atom. The second kappa shape index (κ2) is 11.0. The smallest absolute Gasteiger partial charge is 0.191 e. The van der Waals surface area contributed by atoms with E-state index in [0.29, 0.717) is 6.54 Å². The van der Waals surface area contributed by atoms with E-state index < -0.39 is 0 Å². The van der Waals surface area contributed by atoms with Crippen molar-refractivity contribution in [2.24, 2.45) is 12.0 Å². The lowest BCUT2D eigenvalue weighted by molar-refractivity contribution is 0.145. The minimum atomic E-state index is 0.211. The van der Waals surface area contributed by atoms with Gasteiger partial charge in [-0.25, -0.2) is 0 Å². The highest BCUT2D eigenvalue weighted by molar-refractivity contribution is 5.79. The van der Waals surface area contributed by atoms with Gasteiger partial charge in [0.2, 0.25) is 0 Å². The summed E-state index contributed by atoms with van der Waals surface area (Å²) in [4.78, 5) is 6.88. The van der Waals surface area contributed by atoms with Crippen LogP contribution in [0.4, 0.5) is 0 Å². The molecule has 0 radical (unpaired) electrons. The Hall–Kier alpha value is -1.60. The fraction of sp³-hybridized carbons (Fsp3) is 0.750. The van der Waals surface area contributed by atoms with Gasteiger partial charge < -0.3 is 20.3 Å². The highest BCUT2D eigenvalue weighted by Gasteiger charge is 2.15. The average Bonchev–Trinajstić information content (AvgIpc) is 2.93. The normalized spacial score (nSPS) is 13.4. The van der Waals surface area contributed by atoms with Gasteiger partial charge in [0.15, 0.2) is 5.96 Å². The second-order valence-electron chi connectivity index (χ2n) is 5.62. The zero-order chi connectivity index (χ0) is 17.1. The molecule has 0 aliphatic rings. The maximum Gasteiger partial charge on any atom is 0.191 e. The van der Waals surface area contributed by atoms with Gasteiger partial charge in [-0.05, 0) is 34.4 Å². The fourth-order valence-electron chi connectivity index (χ4n) is 2.22. The molecule has 0 saturated heterocycles. The molecule has 0 aromatic carbocycles. The van der Waals surface area contributed by atoms with Crippen molar-refractivity contribution in [3.05, 3.63) is 18.0 Å². The Balaban J connectivity index is 2.58. The Bertz CT molecular complexity index is 457. The van der Waals surface area contributed by atoms with Crippen LogP contribution in [0.1, 0.15) is 31.9 Å². The molecule has 0 saturated carbocycles. The maximum absolute atomic E-state index is 5.35. The van der Waals surface area contributed by atoms with Crippen molar-refractivity contribution in [1.82, 2.24) is 25.3 Å². The van der Waals surface area contributed by atoms with Gasteiger partial charge in [-0.2, -0.15) is 5.10 Å². The summed E-state index contributed by atoms with van der Waals surface area (Å²) in [5.74, 6) is 0.847. The summed E-state index contributed by atoms with van der Waals surface area (Å²) < 4.78 is 7.18. The third-order valence-electron chi connectivity index (χ3n) is 3.46. The molecule has 0 fully saturated rings. The number of aromatic nitrogens is 2. The van der Waals surface area contributed by atoms with Gasteiger partial charge in [0.25, 0.3) is 0 Å². The van der Waals surface area contributed by atoms with Crippen molar-refractivity contribution >= 4 is 5.96 Å². The van der Waals surface area contributed by atoms with Crippen molar-refractivity contribution in [1.29, 1.82) is 0 Å². The number of hydrogen-bond acceptors (Lipinski definition) is 4. The number of aryl methyl sites for hydroxylation is 1. The van der Waals surface area contributed by atoms with E-state index in [9.17, 15) is 0 Å². The lowest BCUT2D eigenvalue weighted by Crippen LogP contribution is -2.38. The predicted molar refractivity (Wildman–Crippen MR) is 94.7 cm³/mol. The summed E-state index contributed by atoms with van der Waals surface area (Å²) in [5, 5.41) is 10.9.